The van der Waals surface area contributed by atoms with Crippen LogP contribution in [0.5, 0.6) is 0 Å². The van der Waals surface area contributed by atoms with E-state index in [1.807, 2.05) is 0 Å². The minimum atomic E-state index is -0.127. The molecule has 15 heavy (non-hydrogen) atoms. The van der Waals surface area contributed by atoms with Crippen LogP contribution < -0.4 is 5.73 Å². The minimum absolute atomic E-state index is 0.127. The van der Waals surface area contributed by atoms with Crippen molar-refractivity contribution >= 4 is 5.97 Å². The summed E-state index contributed by atoms with van der Waals surface area (Å²) in [5.74, 6) is -0.127. The van der Waals surface area contributed by atoms with E-state index in [4.69, 9.17) is 5.73 Å². The second kappa shape index (κ2) is 4.94. The van der Waals surface area contributed by atoms with E-state index >= 15 is 0 Å². The molecule has 0 bridgehead atoms. The molecule has 0 aliphatic carbocycles. The summed E-state index contributed by atoms with van der Waals surface area (Å²) in [6.45, 7) is 7.28. The van der Waals surface area contributed by atoms with Crippen molar-refractivity contribution in [3.63, 3.8) is 0 Å². The fourth-order valence-corrected chi connectivity index (χ4v) is 2.00. The van der Waals surface area contributed by atoms with Gasteiger partial charge in [-0.15, -0.1) is 0 Å². The van der Waals surface area contributed by atoms with Crippen molar-refractivity contribution in [2.75, 3.05) is 26.7 Å². The van der Waals surface area contributed by atoms with Gasteiger partial charge in [-0.1, -0.05) is 13.8 Å². The number of rotatable bonds is 4. The van der Waals surface area contributed by atoms with E-state index in [-0.39, 0.29) is 17.4 Å². The van der Waals surface area contributed by atoms with Gasteiger partial charge in [-0.2, -0.15) is 0 Å². The largest absolute Gasteiger partial charge is 0.469 e. The third-order valence-electron chi connectivity index (χ3n) is 3.17. The molecule has 0 amide bonds. The molecule has 1 saturated heterocycles. The second-order valence-electron chi connectivity index (χ2n) is 5.01. The molecule has 1 aliphatic rings. The predicted octanol–water partition coefficient (Wildman–Crippen LogP) is 0.609. The first-order chi connectivity index (χ1) is 6.95. The summed E-state index contributed by atoms with van der Waals surface area (Å²) < 4.78 is 4.59. The van der Waals surface area contributed by atoms with Gasteiger partial charge in [-0.25, -0.2) is 0 Å². The van der Waals surface area contributed by atoms with Crippen molar-refractivity contribution < 1.29 is 9.53 Å². The number of nitrogens with zero attached hydrogens (tertiary/aromatic N) is 1. The zero-order valence-corrected chi connectivity index (χ0v) is 9.95. The average Bonchev–Trinajstić information content (AvgIpc) is 2.40. The Morgan fingerprint density at radius 1 is 1.60 bits per heavy atom. The van der Waals surface area contributed by atoms with Gasteiger partial charge in [0.25, 0.3) is 0 Å². The Morgan fingerprint density at radius 2 is 2.27 bits per heavy atom. The quantitative estimate of drug-likeness (QED) is 0.697. The summed E-state index contributed by atoms with van der Waals surface area (Å²) >= 11 is 0. The van der Waals surface area contributed by atoms with E-state index in [9.17, 15) is 4.79 Å². The van der Waals surface area contributed by atoms with Crippen molar-refractivity contribution in [1.82, 2.24) is 4.90 Å². The Balaban J connectivity index is 2.22. The summed E-state index contributed by atoms with van der Waals surface area (Å²) in [7, 11) is 1.43. The summed E-state index contributed by atoms with van der Waals surface area (Å²) in [6, 6.07) is 0.246. The second-order valence-corrected chi connectivity index (χ2v) is 5.01. The molecule has 1 rings (SSSR count). The van der Waals surface area contributed by atoms with Gasteiger partial charge in [-0.3, -0.25) is 4.79 Å². The third kappa shape index (κ3) is 3.47. The maximum atomic E-state index is 10.9. The molecule has 0 aromatic carbocycles. The highest BCUT2D eigenvalue weighted by Crippen LogP contribution is 2.27. The van der Waals surface area contributed by atoms with E-state index in [2.05, 4.69) is 23.5 Å². The van der Waals surface area contributed by atoms with Crippen molar-refractivity contribution in [2.24, 2.45) is 11.1 Å². The van der Waals surface area contributed by atoms with Gasteiger partial charge in [0.05, 0.1) is 7.11 Å². The monoisotopic (exact) mass is 214 g/mol. The SMILES string of the molecule is COC(=O)CCCN1C[C@H](N)C(C)(C)C1. The lowest BCUT2D eigenvalue weighted by Crippen LogP contribution is -2.35. The first-order valence-electron chi connectivity index (χ1n) is 5.50. The Bertz CT molecular complexity index is 229. The van der Waals surface area contributed by atoms with Crippen LogP contribution >= 0.6 is 0 Å². The highest BCUT2D eigenvalue weighted by atomic mass is 16.5. The number of likely N-dealkylation sites (tertiary alicyclic amines) is 1. The molecule has 4 nitrogen and oxygen atoms in total. The molecular weight excluding hydrogens is 192 g/mol. The van der Waals surface area contributed by atoms with Crippen molar-refractivity contribution in [1.29, 1.82) is 0 Å². The van der Waals surface area contributed by atoms with Crippen LogP contribution in [-0.2, 0) is 9.53 Å². The molecule has 88 valence electrons. The molecule has 1 fully saturated rings. The lowest BCUT2D eigenvalue weighted by molar-refractivity contribution is -0.140. The van der Waals surface area contributed by atoms with Gasteiger partial charge < -0.3 is 15.4 Å². The number of nitrogens with two attached hydrogens (primary N) is 1. The van der Waals surface area contributed by atoms with Gasteiger partial charge in [0.1, 0.15) is 0 Å². The van der Waals surface area contributed by atoms with Crippen LogP contribution in [0, 0.1) is 5.41 Å². The summed E-state index contributed by atoms with van der Waals surface area (Å²) in [6.07, 6.45) is 1.36. The first kappa shape index (κ1) is 12.5. The Hall–Kier alpha value is -0.610. The zero-order valence-electron chi connectivity index (χ0n) is 9.95. The van der Waals surface area contributed by atoms with E-state index in [0.717, 1.165) is 26.1 Å². The van der Waals surface area contributed by atoms with Crippen LogP contribution in [0.4, 0.5) is 0 Å². The highest BCUT2D eigenvalue weighted by molar-refractivity contribution is 5.69. The van der Waals surface area contributed by atoms with Gasteiger partial charge in [0.2, 0.25) is 0 Å². The number of esters is 1. The maximum Gasteiger partial charge on any atom is 0.305 e. The summed E-state index contributed by atoms with van der Waals surface area (Å²) in [5, 5.41) is 0. The molecule has 0 aromatic heterocycles. The molecule has 0 unspecified atom stereocenters. The van der Waals surface area contributed by atoms with Crippen molar-refractivity contribution in [2.45, 2.75) is 32.7 Å². The zero-order chi connectivity index (χ0) is 11.5. The Labute approximate surface area is 91.8 Å². The molecule has 2 N–H and O–H groups in total. The van der Waals surface area contributed by atoms with Gasteiger partial charge >= 0.3 is 5.97 Å². The third-order valence-corrected chi connectivity index (χ3v) is 3.17. The molecule has 0 radical (unpaired) electrons. The highest BCUT2D eigenvalue weighted by Gasteiger charge is 2.36. The molecular formula is C11H22N2O2. The molecule has 1 aliphatic heterocycles. The van der Waals surface area contributed by atoms with E-state index < -0.39 is 0 Å². The van der Waals surface area contributed by atoms with Crippen molar-refractivity contribution in [3.05, 3.63) is 0 Å². The van der Waals surface area contributed by atoms with Gasteiger partial charge in [0.15, 0.2) is 0 Å². The van der Waals surface area contributed by atoms with E-state index in [1.165, 1.54) is 7.11 Å². The smallest absolute Gasteiger partial charge is 0.305 e. The predicted molar refractivity (Wildman–Crippen MR) is 59.4 cm³/mol. The lowest BCUT2D eigenvalue weighted by Gasteiger charge is -2.21. The van der Waals surface area contributed by atoms with Crippen LogP contribution in [0.15, 0.2) is 0 Å². The molecule has 0 aromatic rings. The van der Waals surface area contributed by atoms with Gasteiger partial charge in [0, 0.05) is 25.6 Å². The van der Waals surface area contributed by atoms with Crippen LogP contribution in [0.3, 0.4) is 0 Å². The van der Waals surface area contributed by atoms with Crippen LogP contribution in [0.2, 0.25) is 0 Å². The van der Waals surface area contributed by atoms with Crippen LogP contribution in [-0.4, -0.2) is 43.7 Å². The number of hydrogen-bond acceptors (Lipinski definition) is 4. The number of methoxy groups -OCH3 is 1. The molecule has 0 saturated carbocycles. The maximum absolute atomic E-state index is 10.9. The summed E-state index contributed by atoms with van der Waals surface area (Å²) in [4.78, 5) is 13.2. The molecule has 4 heteroatoms. The number of carbonyl (C=O) groups excluding carboxylic acids is 1. The fourth-order valence-electron chi connectivity index (χ4n) is 2.00. The molecule has 1 heterocycles. The number of ether oxygens (including phenoxy) is 1. The number of hydrogen-bond donors (Lipinski definition) is 1. The van der Waals surface area contributed by atoms with Crippen molar-refractivity contribution in [3.8, 4) is 0 Å². The first-order valence-corrected chi connectivity index (χ1v) is 5.50. The van der Waals surface area contributed by atoms with Gasteiger partial charge in [-0.05, 0) is 18.4 Å². The van der Waals surface area contributed by atoms with Crippen LogP contribution in [0.25, 0.3) is 0 Å². The number of carbonyl (C=O) groups is 1. The molecule has 1 atom stereocenters. The Morgan fingerprint density at radius 3 is 2.73 bits per heavy atom. The summed E-state index contributed by atoms with van der Waals surface area (Å²) in [5.41, 5.74) is 6.23. The van der Waals surface area contributed by atoms with E-state index in [0.29, 0.717) is 6.42 Å². The lowest BCUT2D eigenvalue weighted by atomic mass is 9.89. The normalized spacial score (nSPS) is 25.5. The standard InChI is InChI=1S/C11H22N2O2/c1-11(2)8-13(7-9(11)12)6-4-5-10(14)15-3/h9H,4-8,12H2,1-3H3/t9-/m0/s1. The topological polar surface area (TPSA) is 55.6 Å². The van der Waals surface area contributed by atoms with Crippen LogP contribution in [0.1, 0.15) is 26.7 Å². The molecule has 0 spiro atoms. The van der Waals surface area contributed by atoms with E-state index in [1.54, 1.807) is 0 Å². The Kier molecular flexibility index (Phi) is 4.11. The minimum Gasteiger partial charge on any atom is -0.469 e. The fraction of sp³-hybridized carbons (Fsp3) is 0.909. The average molecular weight is 214 g/mol.